The summed E-state index contributed by atoms with van der Waals surface area (Å²) in [6.07, 6.45) is 10.4. The number of benzene rings is 2. The molecule has 162 valence electrons. The van der Waals surface area contributed by atoms with Crippen molar-refractivity contribution in [3.63, 3.8) is 0 Å². The molecule has 0 saturated carbocycles. The molecule has 7 heteroatoms. The maximum Gasteiger partial charge on any atom is 0.257 e. The van der Waals surface area contributed by atoms with Crippen molar-refractivity contribution in [3.05, 3.63) is 53.6 Å². The van der Waals surface area contributed by atoms with E-state index in [4.69, 9.17) is 6.42 Å². The van der Waals surface area contributed by atoms with Gasteiger partial charge in [0, 0.05) is 43.1 Å². The lowest BCUT2D eigenvalue weighted by atomic mass is 10.1. The van der Waals surface area contributed by atoms with Crippen molar-refractivity contribution in [2.24, 2.45) is 0 Å². The number of carbonyl (C=O) groups excluding carboxylic acids is 1. The number of hydrogen-bond acceptors (Lipinski definition) is 4. The number of amides is 1. The Kier molecular flexibility index (Phi) is 6.30. The van der Waals surface area contributed by atoms with Gasteiger partial charge < -0.3 is 10.2 Å². The molecule has 0 unspecified atom stereocenters. The summed E-state index contributed by atoms with van der Waals surface area (Å²) in [6.45, 7) is 2.75. The van der Waals surface area contributed by atoms with Crippen LogP contribution in [0.25, 0.3) is 0 Å². The van der Waals surface area contributed by atoms with E-state index in [1.165, 1.54) is 10.4 Å². The van der Waals surface area contributed by atoms with E-state index >= 15 is 0 Å². The van der Waals surface area contributed by atoms with Crippen LogP contribution in [0, 0.1) is 12.3 Å². The summed E-state index contributed by atoms with van der Waals surface area (Å²) in [5, 5.41) is 2.89. The zero-order valence-corrected chi connectivity index (χ0v) is 18.3. The van der Waals surface area contributed by atoms with Crippen molar-refractivity contribution in [1.82, 2.24) is 4.31 Å². The number of carbonyl (C=O) groups is 1. The molecule has 0 atom stereocenters. The molecule has 2 aromatic rings. The van der Waals surface area contributed by atoms with Gasteiger partial charge in [-0.2, -0.15) is 4.31 Å². The van der Waals surface area contributed by atoms with Crippen LogP contribution in [0.5, 0.6) is 0 Å². The predicted molar refractivity (Wildman–Crippen MR) is 123 cm³/mol. The van der Waals surface area contributed by atoms with Gasteiger partial charge in [-0.1, -0.05) is 18.4 Å². The van der Waals surface area contributed by atoms with Crippen molar-refractivity contribution in [1.29, 1.82) is 0 Å². The van der Waals surface area contributed by atoms with Gasteiger partial charge in [0.2, 0.25) is 10.0 Å². The average molecular weight is 438 g/mol. The molecule has 0 bridgehead atoms. The Bertz CT molecular complexity index is 1110. The number of nitrogens with one attached hydrogen (secondary N) is 1. The Morgan fingerprint density at radius 1 is 0.935 bits per heavy atom. The molecule has 2 aliphatic rings. The summed E-state index contributed by atoms with van der Waals surface area (Å²) in [5.74, 6) is 2.22. The molecule has 2 aromatic carbocycles. The molecule has 6 nitrogen and oxygen atoms in total. The smallest absolute Gasteiger partial charge is 0.257 e. The lowest BCUT2D eigenvalue weighted by Gasteiger charge is -2.27. The second-order valence-electron chi connectivity index (χ2n) is 8.02. The van der Waals surface area contributed by atoms with Gasteiger partial charge in [0.25, 0.3) is 5.91 Å². The lowest BCUT2D eigenvalue weighted by molar-refractivity contribution is 0.102. The van der Waals surface area contributed by atoms with E-state index < -0.39 is 10.0 Å². The lowest BCUT2D eigenvalue weighted by Crippen LogP contribution is -2.35. The van der Waals surface area contributed by atoms with Crippen LogP contribution in [0.3, 0.4) is 0 Å². The minimum atomic E-state index is -3.63. The number of sulfonamides is 1. The minimum absolute atomic E-state index is 0.167. The van der Waals surface area contributed by atoms with Crippen molar-refractivity contribution >= 4 is 27.3 Å². The van der Waals surface area contributed by atoms with E-state index in [1.807, 2.05) is 0 Å². The maximum atomic E-state index is 13.2. The Balaban J connectivity index is 1.70. The summed E-state index contributed by atoms with van der Waals surface area (Å²) in [6, 6.07) is 12.0. The van der Waals surface area contributed by atoms with Gasteiger partial charge in [-0.15, -0.1) is 6.42 Å². The van der Waals surface area contributed by atoms with E-state index in [-0.39, 0.29) is 10.8 Å². The van der Waals surface area contributed by atoms with Crippen LogP contribution < -0.4 is 10.2 Å². The molecule has 1 N–H and O–H groups in total. The van der Waals surface area contributed by atoms with E-state index in [9.17, 15) is 13.2 Å². The summed E-state index contributed by atoms with van der Waals surface area (Å²) in [4.78, 5) is 15.6. The molecule has 0 radical (unpaired) electrons. The highest BCUT2D eigenvalue weighted by molar-refractivity contribution is 7.89. The maximum absolute atomic E-state index is 13.2. The Labute approximate surface area is 184 Å². The van der Waals surface area contributed by atoms with E-state index in [0.29, 0.717) is 29.9 Å². The van der Waals surface area contributed by atoms with Crippen LogP contribution in [0.4, 0.5) is 11.4 Å². The zero-order valence-electron chi connectivity index (χ0n) is 17.5. The molecule has 2 saturated heterocycles. The van der Waals surface area contributed by atoms with Gasteiger partial charge in [0.1, 0.15) is 0 Å². The fraction of sp³-hybridized carbons (Fsp3) is 0.375. The van der Waals surface area contributed by atoms with Crippen LogP contribution in [0.1, 0.15) is 48.0 Å². The van der Waals surface area contributed by atoms with Crippen LogP contribution in [0.15, 0.2) is 47.4 Å². The molecule has 0 spiro atoms. The number of rotatable bonds is 5. The van der Waals surface area contributed by atoms with Gasteiger partial charge in [-0.25, -0.2) is 8.42 Å². The molecular formula is C24H27N3O3S. The van der Waals surface area contributed by atoms with E-state index in [0.717, 1.165) is 50.9 Å². The molecule has 31 heavy (non-hydrogen) atoms. The average Bonchev–Trinajstić information content (AvgIpc) is 3.34. The number of piperidine rings is 1. The molecule has 4 rings (SSSR count). The number of anilines is 2. The summed E-state index contributed by atoms with van der Waals surface area (Å²) in [7, 11) is -3.63. The first-order chi connectivity index (χ1) is 15.0. The minimum Gasteiger partial charge on any atom is -0.371 e. The summed E-state index contributed by atoms with van der Waals surface area (Å²) in [5.41, 5.74) is 2.38. The highest BCUT2D eigenvalue weighted by Gasteiger charge is 2.28. The molecule has 1 amide bonds. The zero-order chi connectivity index (χ0) is 21.8. The molecule has 2 heterocycles. The number of nitrogens with zero attached hydrogens (tertiary/aromatic N) is 2. The standard InChI is InChI=1S/C24H27N3O3S/c1-2-19-9-8-10-20(17-19)25-24(28)22-18-21(11-12-23(22)26-13-6-7-14-26)31(29,30)27-15-4-3-5-16-27/h1,8-12,17-18H,3-7,13-16H2,(H,25,28). The van der Waals surface area contributed by atoms with Crippen molar-refractivity contribution in [2.45, 2.75) is 37.0 Å². The van der Waals surface area contributed by atoms with Gasteiger partial charge in [0.05, 0.1) is 10.5 Å². The molecule has 0 aromatic heterocycles. The third kappa shape index (κ3) is 4.60. The summed E-state index contributed by atoms with van der Waals surface area (Å²) >= 11 is 0. The Morgan fingerprint density at radius 3 is 2.35 bits per heavy atom. The van der Waals surface area contributed by atoms with Crippen LogP contribution in [-0.2, 0) is 10.0 Å². The second-order valence-corrected chi connectivity index (χ2v) is 9.96. The molecular weight excluding hydrogens is 410 g/mol. The van der Waals surface area contributed by atoms with Crippen molar-refractivity contribution < 1.29 is 13.2 Å². The molecule has 2 aliphatic heterocycles. The van der Waals surface area contributed by atoms with Crippen LogP contribution in [-0.4, -0.2) is 44.8 Å². The Hall–Kier alpha value is -2.82. The van der Waals surface area contributed by atoms with Gasteiger partial charge in [-0.05, 0) is 62.1 Å². The topological polar surface area (TPSA) is 69.7 Å². The van der Waals surface area contributed by atoms with E-state index in [1.54, 1.807) is 36.4 Å². The van der Waals surface area contributed by atoms with E-state index in [2.05, 4.69) is 16.1 Å². The third-order valence-corrected chi connectivity index (χ3v) is 7.79. The fourth-order valence-electron chi connectivity index (χ4n) is 4.23. The predicted octanol–water partition coefficient (Wildman–Crippen LogP) is 3.70. The SMILES string of the molecule is C#Cc1cccc(NC(=O)c2cc(S(=O)(=O)N3CCCCC3)ccc2N2CCCC2)c1. The first-order valence-electron chi connectivity index (χ1n) is 10.8. The molecule has 0 aliphatic carbocycles. The highest BCUT2D eigenvalue weighted by atomic mass is 32.2. The largest absolute Gasteiger partial charge is 0.371 e. The van der Waals surface area contributed by atoms with Gasteiger partial charge >= 0.3 is 0 Å². The van der Waals surface area contributed by atoms with Gasteiger partial charge in [0.15, 0.2) is 0 Å². The Morgan fingerprint density at radius 2 is 1.65 bits per heavy atom. The number of terminal acetylenes is 1. The monoisotopic (exact) mass is 437 g/mol. The first kappa shape index (κ1) is 21.4. The van der Waals surface area contributed by atoms with Crippen molar-refractivity contribution in [2.75, 3.05) is 36.4 Å². The normalized spacial score (nSPS) is 17.3. The number of hydrogen-bond donors (Lipinski definition) is 1. The first-order valence-corrected chi connectivity index (χ1v) is 12.2. The van der Waals surface area contributed by atoms with Crippen molar-refractivity contribution in [3.8, 4) is 12.3 Å². The van der Waals surface area contributed by atoms with Gasteiger partial charge in [-0.3, -0.25) is 4.79 Å². The molecule has 2 fully saturated rings. The van der Waals surface area contributed by atoms with Crippen LogP contribution in [0.2, 0.25) is 0 Å². The quantitative estimate of drug-likeness (QED) is 0.725. The fourth-order valence-corrected chi connectivity index (χ4v) is 5.77. The third-order valence-electron chi connectivity index (χ3n) is 5.90. The highest BCUT2D eigenvalue weighted by Crippen LogP contribution is 2.30. The summed E-state index contributed by atoms with van der Waals surface area (Å²) < 4.78 is 27.9. The second kappa shape index (κ2) is 9.13. The van der Waals surface area contributed by atoms with Crippen LogP contribution >= 0.6 is 0 Å².